The van der Waals surface area contributed by atoms with Crippen molar-refractivity contribution in [2.75, 3.05) is 0 Å². The molecule has 7 heteroatoms. The van der Waals surface area contributed by atoms with Crippen molar-refractivity contribution in [2.45, 2.75) is 0 Å². The average molecular weight is 143 g/mol. The molecule has 6 nitrogen and oxygen atoms in total. The minimum Gasteiger partial charge on any atom is -0.365 e. The van der Waals surface area contributed by atoms with Crippen molar-refractivity contribution in [3.8, 4) is 0 Å². The quantitative estimate of drug-likeness (QED) is 0.219. The SMILES string of the molecule is NOC(=O)C(=O)ON.[Na]. The minimum absolute atomic E-state index is 0. The van der Waals surface area contributed by atoms with E-state index in [9.17, 15) is 9.59 Å². The van der Waals surface area contributed by atoms with Gasteiger partial charge in [-0.15, -0.1) is 0 Å². The average Bonchev–Trinajstić information content (AvgIpc) is 1.84. The summed E-state index contributed by atoms with van der Waals surface area (Å²) in [5.74, 6) is 5.83. The van der Waals surface area contributed by atoms with Crippen LogP contribution in [0.25, 0.3) is 0 Å². The van der Waals surface area contributed by atoms with E-state index in [0.29, 0.717) is 0 Å². The minimum atomic E-state index is -1.33. The molecular weight excluding hydrogens is 139 g/mol. The Labute approximate surface area is 72.7 Å². The summed E-state index contributed by atoms with van der Waals surface area (Å²) < 4.78 is 0. The fraction of sp³-hybridized carbons (Fsp3) is 0. The number of hydrogen-bond donors (Lipinski definition) is 2. The van der Waals surface area contributed by atoms with E-state index in [2.05, 4.69) is 21.5 Å². The molecule has 0 aliphatic carbocycles. The summed E-state index contributed by atoms with van der Waals surface area (Å²) in [7, 11) is 0. The molecular formula is C2H4N2NaO4. The Morgan fingerprint density at radius 2 is 1.22 bits per heavy atom. The van der Waals surface area contributed by atoms with Crippen LogP contribution in [-0.4, -0.2) is 41.5 Å². The zero-order valence-electron chi connectivity index (χ0n) is 4.79. The van der Waals surface area contributed by atoms with Gasteiger partial charge in [0.25, 0.3) is 0 Å². The number of carbonyl (C=O) groups is 2. The van der Waals surface area contributed by atoms with Crippen molar-refractivity contribution in [1.29, 1.82) is 0 Å². The van der Waals surface area contributed by atoms with E-state index in [1.165, 1.54) is 0 Å². The van der Waals surface area contributed by atoms with Gasteiger partial charge in [-0.1, -0.05) is 0 Å². The molecule has 47 valence electrons. The summed E-state index contributed by atoms with van der Waals surface area (Å²) >= 11 is 0. The molecule has 0 bridgehead atoms. The molecule has 0 spiro atoms. The molecule has 4 N–H and O–H groups in total. The van der Waals surface area contributed by atoms with Gasteiger partial charge in [0.15, 0.2) is 0 Å². The first kappa shape index (κ1) is 11.6. The van der Waals surface area contributed by atoms with Crippen LogP contribution in [0.1, 0.15) is 0 Å². The van der Waals surface area contributed by atoms with Crippen LogP contribution in [0.15, 0.2) is 0 Å². The third-order valence-corrected chi connectivity index (χ3v) is 0.381. The predicted octanol–water partition coefficient (Wildman–Crippen LogP) is -2.56. The van der Waals surface area contributed by atoms with Crippen LogP contribution < -0.4 is 11.8 Å². The molecule has 0 aliphatic rings. The van der Waals surface area contributed by atoms with E-state index in [1.807, 2.05) is 0 Å². The van der Waals surface area contributed by atoms with Gasteiger partial charge in [0.1, 0.15) is 0 Å². The maximum Gasteiger partial charge on any atom is 0.437 e. The molecule has 0 aromatic carbocycles. The van der Waals surface area contributed by atoms with Gasteiger partial charge >= 0.3 is 11.9 Å². The molecule has 0 saturated carbocycles. The number of carbonyl (C=O) groups excluding carboxylic acids is 2. The van der Waals surface area contributed by atoms with E-state index >= 15 is 0 Å². The Kier molecular flexibility index (Phi) is 7.74. The summed E-state index contributed by atoms with van der Waals surface area (Å²) in [6, 6.07) is 0. The molecule has 9 heavy (non-hydrogen) atoms. The fourth-order valence-corrected chi connectivity index (χ4v) is 0.0962. The third-order valence-electron chi connectivity index (χ3n) is 0.381. The van der Waals surface area contributed by atoms with Gasteiger partial charge in [0.2, 0.25) is 0 Å². The largest absolute Gasteiger partial charge is 0.437 e. The zero-order chi connectivity index (χ0) is 6.57. The Hall–Kier alpha value is -0.140. The van der Waals surface area contributed by atoms with E-state index in [-0.39, 0.29) is 29.6 Å². The van der Waals surface area contributed by atoms with E-state index in [0.717, 1.165) is 0 Å². The topological polar surface area (TPSA) is 105 Å². The van der Waals surface area contributed by atoms with Crippen molar-refractivity contribution in [3.63, 3.8) is 0 Å². The summed E-state index contributed by atoms with van der Waals surface area (Å²) in [6.07, 6.45) is 0. The molecule has 0 heterocycles. The van der Waals surface area contributed by atoms with Gasteiger partial charge < -0.3 is 9.68 Å². The van der Waals surface area contributed by atoms with Crippen LogP contribution in [0.3, 0.4) is 0 Å². The Bertz CT molecular complexity index is 101. The predicted molar refractivity (Wildman–Crippen MR) is 26.3 cm³/mol. The third kappa shape index (κ3) is 4.37. The molecule has 0 saturated heterocycles. The second-order valence-corrected chi connectivity index (χ2v) is 0.811. The van der Waals surface area contributed by atoms with E-state index in [1.54, 1.807) is 0 Å². The Morgan fingerprint density at radius 3 is 1.33 bits per heavy atom. The van der Waals surface area contributed by atoms with Crippen LogP contribution >= 0.6 is 0 Å². The van der Waals surface area contributed by atoms with Crippen molar-refractivity contribution in [3.05, 3.63) is 0 Å². The van der Waals surface area contributed by atoms with Gasteiger partial charge in [0.05, 0.1) is 0 Å². The molecule has 0 aromatic rings. The first-order valence-electron chi connectivity index (χ1n) is 1.54. The maximum atomic E-state index is 9.84. The summed E-state index contributed by atoms with van der Waals surface area (Å²) in [5, 5.41) is 0. The molecule has 0 unspecified atom stereocenters. The Balaban J connectivity index is 0. The van der Waals surface area contributed by atoms with Crippen LogP contribution in [-0.2, 0) is 19.3 Å². The molecule has 0 fully saturated rings. The number of nitrogens with two attached hydrogens (primary N) is 2. The smallest absolute Gasteiger partial charge is 0.365 e. The van der Waals surface area contributed by atoms with Crippen LogP contribution in [0, 0.1) is 0 Å². The molecule has 0 aliphatic heterocycles. The normalized spacial score (nSPS) is 6.89. The van der Waals surface area contributed by atoms with Crippen molar-refractivity contribution >= 4 is 41.5 Å². The van der Waals surface area contributed by atoms with Gasteiger partial charge in [-0.2, -0.15) is 11.8 Å². The standard InChI is InChI=1S/C2H4N2O4.Na/c3-7-1(5)2(6)8-4;/h3-4H2;. The molecule has 0 atom stereocenters. The van der Waals surface area contributed by atoms with Crippen LogP contribution in [0.2, 0.25) is 0 Å². The summed E-state index contributed by atoms with van der Waals surface area (Å²) in [5.41, 5.74) is 0. The zero-order valence-corrected chi connectivity index (χ0v) is 6.79. The van der Waals surface area contributed by atoms with Crippen LogP contribution in [0.5, 0.6) is 0 Å². The maximum absolute atomic E-state index is 9.84. The molecule has 0 rings (SSSR count). The fourth-order valence-electron chi connectivity index (χ4n) is 0.0962. The monoisotopic (exact) mass is 143 g/mol. The molecule has 0 aromatic heterocycles. The van der Waals surface area contributed by atoms with Gasteiger partial charge in [-0.05, 0) is 0 Å². The van der Waals surface area contributed by atoms with E-state index < -0.39 is 11.9 Å². The first-order valence-corrected chi connectivity index (χ1v) is 1.54. The molecule has 0 amide bonds. The van der Waals surface area contributed by atoms with Crippen molar-refractivity contribution in [1.82, 2.24) is 0 Å². The summed E-state index contributed by atoms with van der Waals surface area (Å²) in [6.45, 7) is 0. The first-order chi connectivity index (χ1) is 3.72. The van der Waals surface area contributed by atoms with Gasteiger partial charge in [-0.25, -0.2) is 9.59 Å². The molecule has 1 radical (unpaired) electrons. The second kappa shape index (κ2) is 5.99. The second-order valence-electron chi connectivity index (χ2n) is 0.811. The van der Waals surface area contributed by atoms with Crippen molar-refractivity contribution in [2.24, 2.45) is 11.8 Å². The van der Waals surface area contributed by atoms with Crippen molar-refractivity contribution < 1.29 is 19.3 Å². The number of rotatable bonds is 0. The summed E-state index contributed by atoms with van der Waals surface area (Å²) in [4.78, 5) is 26.5. The Morgan fingerprint density at radius 1 is 1.00 bits per heavy atom. The number of hydrogen-bond acceptors (Lipinski definition) is 6. The van der Waals surface area contributed by atoms with Gasteiger partial charge in [0, 0.05) is 29.6 Å². The van der Waals surface area contributed by atoms with Gasteiger partial charge in [-0.3, -0.25) is 0 Å². The van der Waals surface area contributed by atoms with Crippen LogP contribution in [0.4, 0.5) is 0 Å². The van der Waals surface area contributed by atoms with E-state index in [4.69, 9.17) is 0 Å².